The number of aromatic nitrogens is 1. The van der Waals surface area contributed by atoms with Gasteiger partial charge in [-0.05, 0) is 23.6 Å². The summed E-state index contributed by atoms with van der Waals surface area (Å²) in [4.78, 5) is 26.0. The Hall–Kier alpha value is -2.33. The summed E-state index contributed by atoms with van der Waals surface area (Å²) in [5, 5.41) is 10.1. The molecule has 2 N–H and O–H groups in total. The Kier molecular flexibility index (Phi) is 2.54. The van der Waals surface area contributed by atoms with Crippen molar-refractivity contribution in [1.29, 1.82) is 0 Å². The van der Waals surface area contributed by atoms with Crippen molar-refractivity contribution >= 4 is 28.5 Å². The molecule has 19 heavy (non-hydrogen) atoms. The number of aromatic amines is 1. The van der Waals surface area contributed by atoms with Gasteiger partial charge in [0.05, 0.1) is 16.8 Å². The first kappa shape index (κ1) is 11.7. The van der Waals surface area contributed by atoms with E-state index in [1.807, 2.05) is 0 Å². The predicted molar refractivity (Wildman–Crippen MR) is 73.2 cm³/mol. The number of hydrogen-bond acceptors (Lipinski definition) is 2. The van der Waals surface area contributed by atoms with Gasteiger partial charge in [-0.25, -0.2) is 4.79 Å². The molecule has 1 aromatic carbocycles. The fraction of sp³-hybridized carbons (Fsp3) is 0. The Bertz CT molecular complexity index is 838. The molecule has 0 atom stereocenters. The van der Waals surface area contributed by atoms with Gasteiger partial charge in [0.1, 0.15) is 0 Å². The lowest BCUT2D eigenvalue weighted by Crippen LogP contribution is -2.07. The summed E-state index contributed by atoms with van der Waals surface area (Å²) in [5.74, 6) is -1.02. The molecule has 0 saturated carbocycles. The zero-order valence-corrected chi connectivity index (χ0v) is 10.4. The maximum atomic E-state index is 11.8. The topological polar surface area (TPSA) is 70.2 Å². The molecule has 0 bridgehead atoms. The fourth-order valence-corrected chi connectivity index (χ4v) is 2.35. The number of aromatic carboxylic acids is 1. The summed E-state index contributed by atoms with van der Waals surface area (Å²) >= 11 is 5.84. The number of halogens is 1. The van der Waals surface area contributed by atoms with Crippen LogP contribution in [0.3, 0.4) is 0 Å². The van der Waals surface area contributed by atoms with Crippen LogP contribution in [0.2, 0.25) is 5.02 Å². The number of para-hydroxylation sites is 1. The second-order valence-corrected chi connectivity index (χ2v) is 4.65. The number of rotatable bonds is 1. The molecule has 5 heteroatoms. The van der Waals surface area contributed by atoms with Gasteiger partial charge in [-0.15, -0.1) is 0 Å². The molecule has 0 fully saturated rings. The number of H-pyrrole nitrogens is 1. The van der Waals surface area contributed by atoms with E-state index in [1.54, 1.807) is 24.3 Å². The van der Waals surface area contributed by atoms with Crippen molar-refractivity contribution in [3.05, 3.63) is 57.2 Å². The van der Waals surface area contributed by atoms with Crippen LogP contribution in [0.5, 0.6) is 0 Å². The molecule has 1 aliphatic carbocycles. The quantitative estimate of drug-likeness (QED) is 0.670. The minimum Gasteiger partial charge on any atom is -0.478 e. The third-order valence-electron chi connectivity index (χ3n) is 2.99. The molecule has 1 aliphatic heterocycles. The van der Waals surface area contributed by atoms with Gasteiger partial charge in [0.15, 0.2) is 5.43 Å². The summed E-state index contributed by atoms with van der Waals surface area (Å²) < 4.78 is 0. The van der Waals surface area contributed by atoms with Crippen molar-refractivity contribution in [3.63, 3.8) is 0 Å². The van der Waals surface area contributed by atoms with Gasteiger partial charge in [0.25, 0.3) is 0 Å². The molecule has 4 nitrogen and oxygen atoms in total. The standard InChI is InChI=1S/C14H8ClNO3/c15-8-5-11-10(12(17)6-8)4-7-2-1-3-9(14(18)19)13(7)16-11/h1-6,16H,(H,18,19). The van der Waals surface area contributed by atoms with Crippen LogP contribution in [0.1, 0.15) is 10.4 Å². The van der Waals surface area contributed by atoms with Gasteiger partial charge in [-0.1, -0.05) is 23.7 Å². The second kappa shape index (κ2) is 4.10. The number of pyridine rings is 1. The number of carboxylic acid groups (broad SMARTS) is 1. The first-order valence-electron chi connectivity index (χ1n) is 5.55. The normalized spacial score (nSPS) is 11.0. The highest BCUT2D eigenvalue weighted by molar-refractivity contribution is 6.31. The molecule has 0 amide bonds. The third kappa shape index (κ3) is 1.86. The molecule has 94 valence electrons. The minimum atomic E-state index is -1.02. The van der Waals surface area contributed by atoms with Crippen LogP contribution in [0.15, 0.2) is 41.2 Å². The Morgan fingerprint density at radius 1 is 1.21 bits per heavy atom. The van der Waals surface area contributed by atoms with Crippen LogP contribution >= 0.6 is 11.6 Å². The van der Waals surface area contributed by atoms with E-state index in [0.29, 0.717) is 27.2 Å². The van der Waals surface area contributed by atoms with Crippen LogP contribution in [0.4, 0.5) is 0 Å². The minimum absolute atomic E-state index is 0.159. The number of benzene rings is 2. The van der Waals surface area contributed by atoms with Gasteiger partial charge in [-0.2, -0.15) is 0 Å². The second-order valence-electron chi connectivity index (χ2n) is 4.21. The smallest absolute Gasteiger partial charge is 0.337 e. The van der Waals surface area contributed by atoms with Gasteiger partial charge in [-0.3, -0.25) is 4.79 Å². The molecule has 3 rings (SSSR count). The molecular formula is C14H8ClNO3. The molecule has 0 aromatic heterocycles. The highest BCUT2D eigenvalue weighted by Gasteiger charge is 2.13. The van der Waals surface area contributed by atoms with Crippen molar-refractivity contribution in [2.45, 2.75) is 0 Å². The van der Waals surface area contributed by atoms with Gasteiger partial charge in [0, 0.05) is 16.7 Å². The summed E-state index contributed by atoms with van der Waals surface area (Å²) in [5.41, 5.74) is 1.45. The van der Waals surface area contributed by atoms with E-state index in [-0.39, 0.29) is 11.0 Å². The zero-order valence-electron chi connectivity index (χ0n) is 9.61. The van der Waals surface area contributed by atoms with Crippen molar-refractivity contribution in [2.24, 2.45) is 0 Å². The monoisotopic (exact) mass is 273 g/mol. The third-order valence-corrected chi connectivity index (χ3v) is 3.21. The lowest BCUT2D eigenvalue weighted by atomic mass is 10.0. The van der Waals surface area contributed by atoms with E-state index < -0.39 is 5.97 Å². The van der Waals surface area contributed by atoms with Crippen LogP contribution in [0, 0.1) is 0 Å². The number of hydrogen-bond donors (Lipinski definition) is 2. The van der Waals surface area contributed by atoms with Crippen molar-refractivity contribution in [1.82, 2.24) is 4.98 Å². The summed E-state index contributed by atoms with van der Waals surface area (Å²) in [6, 6.07) is 9.53. The molecule has 1 aromatic rings. The lowest BCUT2D eigenvalue weighted by Gasteiger charge is -2.10. The average Bonchev–Trinajstić information content (AvgIpc) is 2.35. The van der Waals surface area contributed by atoms with Crippen LogP contribution in [-0.4, -0.2) is 16.1 Å². The lowest BCUT2D eigenvalue weighted by molar-refractivity contribution is 0.0699. The van der Waals surface area contributed by atoms with Crippen molar-refractivity contribution in [3.8, 4) is 11.3 Å². The molecule has 0 saturated heterocycles. The van der Waals surface area contributed by atoms with E-state index in [1.165, 1.54) is 12.1 Å². The van der Waals surface area contributed by atoms with E-state index in [0.717, 1.165) is 0 Å². The molecule has 0 radical (unpaired) electrons. The molecule has 2 aliphatic rings. The van der Waals surface area contributed by atoms with Crippen molar-refractivity contribution in [2.75, 3.05) is 0 Å². The Morgan fingerprint density at radius 3 is 2.74 bits per heavy atom. The first-order valence-corrected chi connectivity index (χ1v) is 5.92. The maximum Gasteiger partial charge on any atom is 0.337 e. The largest absolute Gasteiger partial charge is 0.478 e. The number of nitrogens with one attached hydrogen (secondary N) is 1. The molecular weight excluding hydrogens is 266 g/mol. The number of carbonyl (C=O) groups is 1. The van der Waals surface area contributed by atoms with Crippen LogP contribution in [0.25, 0.3) is 22.2 Å². The molecule has 0 spiro atoms. The average molecular weight is 274 g/mol. The Morgan fingerprint density at radius 2 is 2.00 bits per heavy atom. The maximum absolute atomic E-state index is 11.8. The van der Waals surface area contributed by atoms with E-state index in [9.17, 15) is 9.59 Å². The number of carboxylic acids is 1. The fourth-order valence-electron chi connectivity index (χ4n) is 2.14. The van der Waals surface area contributed by atoms with Gasteiger partial charge >= 0.3 is 5.97 Å². The molecule has 1 heterocycles. The zero-order chi connectivity index (χ0) is 13.6. The van der Waals surface area contributed by atoms with Crippen molar-refractivity contribution < 1.29 is 9.90 Å². The Balaban J connectivity index is 2.50. The predicted octanol–water partition coefficient (Wildman–Crippen LogP) is 2.98. The van der Waals surface area contributed by atoms with E-state index >= 15 is 0 Å². The first-order chi connectivity index (χ1) is 9.06. The van der Waals surface area contributed by atoms with E-state index in [4.69, 9.17) is 16.7 Å². The van der Waals surface area contributed by atoms with Gasteiger partial charge < -0.3 is 10.1 Å². The van der Waals surface area contributed by atoms with E-state index in [2.05, 4.69) is 4.98 Å². The summed E-state index contributed by atoms with van der Waals surface area (Å²) in [6.07, 6.45) is 0. The Labute approximate surface area is 112 Å². The summed E-state index contributed by atoms with van der Waals surface area (Å²) in [7, 11) is 0. The van der Waals surface area contributed by atoms with Crippen LogP contribution in [-0.2, 0) is 0 Å². The number of fused-ring (bicyclic) bond motifs is 2. The highest BCUT2D eigenvalue weighted by atomic mass is 35.5. The highest BCUT2D eigenvalue weighted by Crippen LogP contribution is 2.26. The summed E-state index contributed by atoms with van der Waals surface area (Å²) in [6.45, 7) is 0. The SMILES string of the molecule is O=C(O)c1cccc2cc3c(=O)cc(Cl)cc-3[nH]c12. The van der Waals surface area contributed by atoms with Gasteiger partial charge in [0.2, 0.25) is 0 Å². The van der Waals surface area contributed by atoms with Crippen LogP contribution < -0.4 is 5.43 Å². The molecule has 0 unspecified atom stereocenters.